The molecule has 0 unspecified atom stereocenters. The maximum atomic E-state index is 4.97. The molecule has 0 aliphatic rings. The van der Waals surface area contributed by atoms with E-state index in [2.05, 4.69) is 73.7 Å². The Balaban J connectivity index is 1.71. The highest BCUT2D eigenvalue weighted by atomic mass is 15.3. The molecule has 0 aliphatic heterocycles. The number of aromatic nitrogens is 3. The molecule has 1 N–H and O–H groups in total. The monoisotopic (exact) mass is 370 g/mol. The van der Waals surface area contributed by atoms with Gasteiger partial charge >= 0.3 is 0 Å². The van der Waals surface area contributed by atoms with E-state index >= 15 is 0 Å². The lowest BCUT2D eigenvalue weighted by Crippen LogP contribution is -2.17. The van der Waals surface area contributed by atoms with Gasteiger partial charge in [0.2, 0.25) is 0 Å². The van der Waals surface area contributed by atoms with Crippen LogP contribution in [0.5, 0.6) is 0 Å². The molecule has 2 heterocycles. The molecule has 0 saturated heterocycles. The second-order valence-electron chi connectivity index (χ2n) is 8.10. The van der Waals surface area contributed by atoms with Crippen LogP contribution in [0.4, 0.5) is 5.82 Å². The van der Waals surface area contributed by atoms with Gasteiger partial charge < -0.3 is 5.32 Å². The minimum atomic E-state index is -0.0458. The molecule has 4 aromatic rings. The zero-order valence-corrected chi connectivity index (χ0v) is 16.7. The lowest BCUT2D eigenvalue weighted by Gasteiger charge is -2.20. The Hall–Kier alpha value is -3.14. The van der Waals surface area contributed by atoms with Crippen molar-refractivity contribution in [2.75, 3.05) is 11.9 Å². The lowest BCUT2D eigenvalue weighted by atomic mass is 9.92. The first-order valence-electron chi connectivity index (χ1n) is 9.75. The summed E-state index contributed by atoms with van der Waals surface area (Å²) in [5.41, 5.74) is 5.40. The van der Waals surface area contributed by atoms with Crippen molar-refractivity contribution in [1.82, 2.24) is 14.6 Å². The van der Waals surface area contributed by atoms with Crippen LogP contribution in [0.15, 0.2) is 72.9 Å². The van der Waals surface area contributed by atoms with Gasteiger partial charge in [-0.1, -0.05) is 81.4 Å². The Morgan fingerprint density at radius 1 is 0.929 bits per heavy atom. The Kier molecular flexibility index (Phi) is 4.86. The second kappa shape index (κ2) is 7.47. The summed E-state index contributed by atoms with van der Waals surface area (Å²) in [6.45, 7) is 7.42. The zero-order valence-electron chi connectivity index (χ0n) is 16.7. The largest absolute Gasteiger partial charge is 0.370 e. The summed E-state index contributed by atoms with van der Waals surface area (Å²) in [7, 11) is 0. The van der Waals surface area contributed by atoms with Gasteiger partial charge in [-0.05, 0) is 17.5 Å². The van der Waals surface area contributed by atoms with Gasteiger partial charge in [-0.2, -0.15) is 9.61 Å². The molecule has 2 aromatic heterocycles. The number of rotatable bonds is 5. The molecular weight excluding hydrogens is 344 g/mol. The van der Waals surface area contributed by atoms with Gasteiger partial charge in [0, 0.05) is 23.6 Å². The van der Waals surface area contributed by atoms with Gasteiger partial charge in [-0.3, -0.25) is 0 Å². The van der Waals surface area contributed by atoms with Gasteiger partial charge in [-0.15, -0.1) is 0 Å². The molecule has 0 bridgehead atoms. The highest BCUT2D eigenvalue weighted by Crippen LogP contribution is 2.29. The fourth-order valence-electron chi connectivity index (χ4n) is 3.27. The fraction of sp³-hybridized carbons (Fsp3) is 0.250. The summed E-state index contributed by atoms with van der Waals surface area (Å²) < 4.78 is 1.92. The molecule has 0 saturated carbocycles. The smallest absolute Gasteiger partial charge is 0.165 e. The van der Waals surface area contributed by atoms with Crippen LogP contribution in [0.1, 0.15) is 32.0 Å². The summed E-state index contributed by atoms with van der Waals surface area (Å²) >= 11 is 0. The van der Waals surface area contributed by atoms with E-state index < -0.39 is 0 Å². The van der Waals surface area contributed by atoms with Gasteiger partial charge in [0.1, 0.15) is 5.82 Å². The third-order valence-corrected chi connectivity index (χ3v) is 4.89. The number of hydrogen-bond acceptors (Lipinski definition) is 3. The molecule has 0 atom stereocenters. The van der Waals surface area contributed by atoms with E-state index in [9.17, 15) is 0 Å². The zero-order chi connectivity index (χ0) is 19.6. The van der Waals surface area contributed by atoms with Crippen molar-refractivity contribution < 1.29 is 0 Å². The number of nitrogens with zero attached hydrogens (tertiary/aromatic N) is 3. The van der Waals surface area contributed by atoms with Crippen molar-refractivity contribution in [2.45, 2.75) is 32.6 Å². The van der Waals surface area contributed by atoms with Crippen molar-refractivity contribution in [1.29, 1.82) is 0 Å². The molecule has 4 nitrogen and oxygen atoms in total. The first-order chi connectivity index (χ1) is 13.5. The molecule has 0 amide bonds. The van der Waals surface area contributed by atoms with Crippen molar-refractivity contribution in [3.8, 4) is 11.1 Å². The summed E-state index contributed by atoms with van der Waals surface area (Å²) in [5, 5.41) is 8.21. The van der Waals surface area contributed by atoms with Crippen LogP contribution in [-0.4, -0.2) is 21.1 Å². The third-order valence-electron chi connectivity index (χ3n) is 4.89. The van der Waals surface area contributed by atoms with Gasteiger partial charge in [0.15, 0.2) is 5.65 Å². The van der Waals surface area contributed by atoms with Crippen LogP contribution in [0.2, 0.25) is 0 Å². The van der Waals surface area contributed by atoms with E-state index in [0.29, 0.717) is 0 Å². The molecule has 28 heavy (non-hydrogen) atoms. The highest BCUT2D eigenvalue weighted by molar-refractivity contribution is 5.78. The van der Waals surface area contributed by atoms with Crippen LogP contribution >= 0.6 is 0 Å². The standard InChI is InChI=1S/C24H26N4/c1-24(2,3)21-16-22(25-15-14-18-10-6-4-7-11-18)28-23(27-21)20(17-26-28)19-12-8-5-9-13-19/h4-13,16-17,25H,14-15H2,1-3H3. The van der Waals surface area contributed by atoms with Crippen LogP contribution < -0.4 is 5.32 Å². The topological polar surface area (TPSA) is 42.2 Å². The van der Waals surface area contributed by atoms with Crippen LogP contribution in [-0.2, 0) is 11.8 Å². The Morgan fingerprint density at radius 2 is 1.61 bits per heavy atom. The minimum Gasteiger partial charge on any atom is -0.370 e. The van der Waals surface area contributed by atoms with E-state index in [4.69, 9.17) is 4.98 Å². The first-order valence-corrected chi connectivity index (χ1v) is 9.75. The predicted octanol–water partition coefficient (Wildman–Crippen LogP) is 5.35. The van der Waals surface area contributed by atoms with Crippen LogP contribution in [0, 0.1) is 0 Å². The number of nitrogens with one attached hydrogen (secondary N) is 1. The van der Waals surface area contributed by atoms with Gasteiger partial charge in [-0.25, -0.2) is 4.98 Å². The van der Waals surface area contributed by atoms with E-state index in [-0.39, 0.29) is 5.41 Å². The maximum absolute atomic E-state index is 4.97. The summed E-state index contributed by atoms with van der Waals surface area (Å²) in [6, 6.07) is 23.0. The predicted molar refractivity (Wildman–Crippen MR) is 116 cm³/mol. The highest BCUT2D eigenvalue weighted by Gasteiger charge is 2.20. The van der Waals surface area contributed by atoms with Crippen molar-refractivity contribution in [2.24, 2.45) is 0 Å². The van der Waals surface area contributed by atoms with Crippen molar-refractivity contribution in [3.05, 3.63) is 84.2 Å². The fourth-order valence-corrected chi connectivity index (χ4v) is 3.27. The van der Waals surface area contributed by atoms with Crippen LogP contribution in [0.3, 0.4) is 0 Å². The third kappa shape index (κ3) is 3.77. The Morgan fingerprint density at radius 3 is 2.29 bits per heavy atom. The molecule has 2 aromatic carbocycles. The number of hydrogen-bond donors (Lipinski definition) is 1. The SMILES string of the molecule is CC(C)(C)c1cc(NCCc2ccccc2)n2ncc(-c3ccccc3)c2n1. The van der Waals surface area contributed by atoms with E-state index in [0.717, 1.165) is 41.3 Å². The molecule has 142 valence electrons. The average Bonchev–Trinajstić information content (AvgIpc) is 3.13. The van der Waals surface area contributed by atoms with E-state index in [1.165, 1.54) is 5.56 Å². The molecule has 0 aliphatic carbocycles. The van der Waals surface area contributed by atoms with Gasteiger partial charge in [0.25, 0.3) is 0 Å². The number of anilines is 1. The van der Waals surface area contributed by atoms with Crippen LogP contribution in [0.25, 0.3) is 16.8 Å². The molecular formula is C24H26N4. The van der Waals surface area contributed by atoms with Gasteiger partial charge in [0.05, 0.1) is 11.9 Å². The molecule has 4 rings (SSSR count). The lowest BCUT2D eigenvalue weighted by molar-refractivity contribution is 0.568. The van der Waals surface area contributed by atoms with E-state index in [1.807, 2.05) is 35.0 Å². The normalized spacial score (nSPS) is 11.7. The first kappa shape index (κ1) is 18.2. The Labute approximate surface area is 166 Å². The average molecular weight is 371 g/mol. The molecule has 0 fully saturated rings. The Bertz CT molecular complexity index is 1060. The van der Waals surface area contributed by atoms with Crippen molar-refractivity contribution in [3.63, 3.8) is 0 Å². The number of fused-ring (bicyclic) bond motifs is 1. The quantitative estimate of drug-likeness (QED) is 0.515. The summed E-state index contributed by atoms with van der Waals surface area (Å²) in [6.07, 6.45) is 2.87. The second-order valence-corrected chi connectivity index (χ2v) is 8.10. The minimum absolute atomic E-state index is 0.0458. The summed E-state index contributed by atoms with van der Waals surface area (Å²) in [4.78, 5) is 4.97. The molecule has 0 spiro atoms. The number of benzene rings is 2. The molecule has 0 radical (unpaired) electrons. The molecule has 4 heteroatoms. The summed E-state index contributed by atoms with van der Waals surface area (Å²) in [5.74, 6) is 0.980. The van der Waals surface area contributed by atoms with E-state index in [1.54, 1.807) is 0 Å². The van der Waals surface area contributed by atoms with Crippen molar-refractivity contribution >= 4 is 11.5 Å². The maximum Gasteiger partial charge on any atom is 0.165 e.